The van der Waals surface area contributed by atoms with Crippen LogP contribution in [0.25, 0.3) is 0 Å². The molecule has 0 radical (unpaired) electrons. The molecule has 1 aliphatic rings. The molecule has 1 heterocycles. The lowest BCUT2D eigenvalue weighted by Crippen LogP contribution is -2.24. The number of carbonyl (C=O) groups is 1. The van der Waals surface area contributed by atoms with E-state index in [1.54, 1.807) is 0 Å². The van der Waals surface area contributed by atoms with E-state index in [1.165, 1.54) is 37.8 Å². The molecule has 3 atom stereocenters. The number of esters is 1. The van der Waals surface area contributed by atoms with Crippen molar-refractivity contribution in [2.24, 2.45) is 0 Å². The Bertz CT molecular complexity index is 301. The second-order valence-corrected chi connectivity index (χ2v) is 5.72. The molecule has 0 aliphatic carbocycles. The van der Waals surface area contributed by atoms with Gasteiger partial charge in [0, 0.05) is 6.08 Å². The fourth-order valence-electron chi connectivity index (χ4n) is 2.44. The molecule has 0 aromatic rings. The van der Waals surface area contributed by atoms with Crippen molar-refractivity contribution in [3.63, 3.8) is 0 Å². The minimum absolute atomic E-state index is 0.0953. The largest absolute Gasteiger partial charge is 0.460 e. The molecule has 2 N–H and O–H groups in total. The second-order valence-electron chi connectivity index (χ2n) is 5.72. The molecular weight excluding hydrogens is 256 g/mol. The number of cyclic esters (lactones) is 1. The van der Waals surface area contributed by atoms with E-state index >= 15 is 0 Å². The average molecular weight is 284 g/mol. The highest BCUT2D eigenvalue weighted by Crippen LogP contribution is 2.14. The zero-order valence-electron chi connectivity index (χ0n) is 12.5. The smallest absolute Gasteiger partial charge is 0.330 e. The van der Waals surface area contributed by atoms with E-state index in [2.05, 4.69) is 0 Å². The third kappa shape index (κ3) is 7.65. The second kappa shape index (κ2) is 9.94. The maximum atomic E-state index is 11.5. The Hall–Kier alpha value is -0.870. The van der Waals surface area contributed by atoms with Gasteiger partial charge in [-0.15, -0.1) is 0 Å². The average Bonchev–Trinajstić information content (AvgIpc) is 2.41. The molecule has 20 heavy (non-hydrogen) atoms. The van der Waals surface area contributed by atoms with Crippen LogP contribution in [0.5, 0.6) is 0 Å². The molecule has 0 saturated carbocycles. The molecule has 0 aromatic carbocycles. The van der Waals surface area contributed by atoms with Gasteiger partial charge in [-0.05, 0) is 32.3 Å². The van der Waals surface area contributed by atoms with Crippen LogP contribution in [0.3, 0.4) is 0 Å². The van der Waals surface area contributed by atoms with Crippen LogP contribution in [0.1, 0.15) is 64.7 Å². The molecule has 1 rings (SSSR count). The fraction of sp³-hybridized carbons (Fsp3) is 0.812. The van der Waals surface area contributed by atoms with Gasteiger partial charge in [0.25, 0.3) is 0 Å². The Morgan fingerprint density at radius 3 is 2.20 bits per heavy atom. The van der Waals surface area contributed by atoms with E-state index in [1.807, 2.05) is 6.92 Å². The lowest BCUT2D eigenvalue weighted by Gasteiger charge is -2.15. The zero-order valence-corrected chi connectivity index (χ0v) is 12.5. The summed E-state index contributed by atoms with van der Waals surface area (Å²) in [4.78, 5) is 11.5. The van der Waals surface area contributed by atoms with E-state index < -0.39 is 18.2 Å². The molecule has 0 amide bonds. The molecule has 116 valence electrons. The van der Waals surface area contributed by atoms with E-state index in [4.69, 9.17) is 4.74 Å². The lowest BCUT2D eigenvalue weighted by atomic mass is 10.0. The maximum absolute atomic E-state index is 11.5. The van der Waals surface area contributed by atoms with Crippen molar-refractivity contribution in [3.8, 4) is 0 Å². The summed E-state index contributed by atoms with van der Waals surface area (Å²) < 4.78 is 5.22. The summed E-state index contributed by atoms with van der Waals surface area (Å²) in [6.45, 7) is 1.89. The predicted octanol–water partition coefficient (Wildman–Crippen LogP) is 2.72. The predicted molar refractivity (Wildman–Crippen MR) is 78.3 cm³/mol. The number of hydrogen-bond acceptors (Lipinski definition) is 4. The first-order chi connectivity index (χ1) is 9.59. The minimum atomic E-state index is -0.995. The van der Waals surface area contributed by atoms with Crippen LogP contribution in [0.4, 0.5) is 0 Å². The number of rotatable bonds is 0. The van der Waals surface area contributed by atoms with Crippen LogP contribution < -0.4 is 0 Å². The Labute approximate surface area is 121 Å². The SMILES string of the molecule is C[C@@H]1CCCCCCCCC[C@H](O)[C@@H](O)/C=C/C(=O)O1. The molecular formula is C16H28O4. The van der Waals surface area contributed by atoms with Gasteiger partial charge in [0.05, 0.1) is 18.3 Å². The summed E-state index contributed by atoms with van der Waals surface area (Å²) in [5.41, 5.74) is 0. The quantitative estimate of drug-likeness (QED) is 0.671. The topological polar surface area (TPSA) is 66.8 Å². The zero-order chi connectivity index (χ0) is 14.8. The number of hydrogen-bond donors (Lipinski definition) is 2. The fourth-order valence-corrected chi connectivity index (χ4v) is 2.44. The van der Waals surface area contributed by atoms with Gasteiger partial charge in [0.15, 0.2) is 0 Å². The number of aliphatic hydroxyl groups is 2. The molecule has 4 nitrogen and oxygen atoms in total. The van der Waals surface area contributed by atoms with E-state index in [0.29, 0.717) is 6.42 Å². The van der Waals surface area contributed by atoms with Gasteiger partial charge in [-0.3, -0.25) is 0 Å². The summed E-state index contributed by atoms with van der Waals surface area (Å²) >= 11 is 0. The van der Waals surface area contributed by atoms with Gasteiger partial charge >= 0.3 is 5.97 Å². The first kappa shape index (κ1) is 17.2. The third-order valence-corrected chi connectivity index (χ3v) is 3.75. The van der Waals surface area contributed by atoms with Gasteiger partial charge in [-0.1, -0.05) is 38.5 Å². The Kier molecular flexibility index (Phi) is 8.54. The molecule has 0 unspecified atom stereocenters. The number of ether oxygens (including phenoxy) is 1. The summed E-state index contributed by atoms with van der Waals surface area (Å²) in [5.74, 6) is -0.448. The van der Waals surface area contributed by atoms with Crippen molar-refractivity contribution >= 4 is 5.97 Å². The van der Waals surface area contributed by atoms with E-state index in [-0.39, 0.29) is 6.10 Å². The van der Waals surface area contributed by atoms with Gasteiger partial charge in [0.2, 0.25) is 0 Å². The molecule has 0 fully saturated rings. The Balaban J connectivity index is 2.50. The molecule has 0 spiro atoms. The first-order valence-corrected chi connectivity index (χ1v) is 7.84. The van der Waals surface area contributed by atoms with Crippen LogP contribution in [-0.2, 0) is 9.53 Å². The van der Waals surface area contributed by atoms with E-state index in [9.17, 15) is 15.0 Å². The van der Waals surface area contributed by atoms with Crippen LogP contribution in [0.2, 0.25) is 0 Å². The lowest BCUT2D eigenvalue weighted by molar-refractivity contribution is -0.142. The summed E-state index contributed by atoms with van der Waals surface area (Å²) in [7, 11) is 0. The van der Waals surface area contributed by atoms with Gasteiger partial charge < -0.3 is 14.9 Å². The Morgan fingerprint density at radius 1 is 1.00 bits per heavy atom. The first-order valence-electron chi connectivity index (χ1n) is 7.84. The molecule has 1 aliphatic heterocycles. The summed E-state index contributed by atoms with van der Waals surface area (Å²) in [6.07, 6.45) is 9.97. The number of carbonyl (C=O) groups excluding carboxylic acids is 1. The maximum Gasteiger partial charge on any atom is 0.330 e. The Morgan fingerprint density at radius 2 is 1.55 bits per heavy atom. The minimum Gasteiger partial charge on any atom is -0.460 e. The normalized spacial score (nSPS) is 33.4. The monoisotopic (exact) mass is 284 g/mol. The number of aliphatic hydroxyl groups excluding tert-OH is 2. The van der Waals surface area contributed by atoms with Crippen molar-refractivity contribution in [3.05, 3.63) is 12.2 Å². The molecule has 0 aromatic heterocycles. The molecule has 4 heteroatoms. The molecule has 0 bridgehead atoms. The summed E-state index contributed by atoms with van der Waals surface area (Å²) in [5, 5.41) is 19.5. The highest BCUT2D eigenvalue weighted by atomic mass is 16.5. The van der Waals surface area contributed by atoms with Crippen molar-refractivity contribution in [1.29, 1.82) is 0 Å². The van der Waals surface area contributed by atoms with Crippen molar-refractivity contribution in [2.45, 2.75) is 83.0 Å². The van der Waals surface area contributed by atoms with E-state index in [0.717, 1.165) is 25.7 Å². The van der Waals surface area contributed by atoms with Crippen LogP contribution >= 0.6 is 0 Å². The third-order valence-electron chi connectivity index (χ3n) is 3.75. The van der Waals surface area contributed by atoms with Gasteiger partial charge in [-0.2, -0.15) is 0 Å². The van der Waals surface area contributed by atoms with Gasteiger partial charge in [-0.25, -0.2) is 4.79 Å². The van der Waals surface area contributed by atoms with Crippen molar-refractivity contribution in [2.75, 3.05) is 0 Å². The van der Waals surface area contributed by atoms with Crippen LogP contribution in [0.15, 0.2) is 12.2 Å². The van der Waals surface area contributed by atoms with Gasteiger partial charge in [0.1, 0.15) is 0 Å². The van der Waals surface area contributed by atoms with Crippen molar-refractivity contribution < 1.29 is 19.7 Å². The van der Waals surface area contributed by atoms with Crippen LogP contribution in [0, 0.1) is 0 Å². The van der Waals surface area contributed by atoms with Crippen molar-refractivity contribution in [1.82, 2.24) is 0 Å². The highest BCUT2D eigenvalue weighted by molar-refractivity contribution is 5.82. The molecule has 0 saturated heterocycles. The standard InChI is InChI=1S/C16H28O4/c1-13-9-7-5-3-2-4-6-8-10-14(17)15(18)11-12-16(19)20-13/h11-15,17-18H,2-10H2,1H3/b12-11+/t13-,14+,15+/m1/s1. The highest BCUT2D eigenvalue weighted by Gasteiger charge is 2.14. The summed E-state index contributed by atoms with van der Waals surface area (Å²) in [6, 6.07) is 0. The van der Waals surface area contributed by atoms with Crippen LogP contribution in [-0.4, -0.2) is 34.5 Å².